The summed E-state index contributed by atoms with van der Waals surface area (Å²) in [4.78, 5) is 0. The molecule has 0 saturated carbocycles. The molecule has 0 bridgehead atoms. The maximum absolute atomic E-state index is 12.3. The van der Waals surface area contributed by atoms with Gasteiger partial charge in [0.1, 0.15) is 5.75 Å². The fraction of sp³-hybridized carbons (Fsp3) is 0.286. The van der Waals surface area contributed by atoms with Gasteiger partial charge in [0.15, 0.2) is 5.69 Å². The molecule has 4 nitrogen and oxygen atoms in total. The lowest BCUT2D eigenvalue weighted by molar-refractivity contribution is -0.141. The first-order valence-electron chi connectivity index (χ1n) is 6.22. The summed E-state index contributed by atoms with van der Waals surface area (Å²) in [5.41, 5.74) is -0.353. The highest BCUT2D eigenvalue weighted by molar-refractivity contribution is 5.34. The summed E-state index contributed by atoms with van der Waals surface area (Å²) in [6, 6.07) is 9.57. The summed E-state index contributed by atoms with van der Waals surface area (Å²) >= 11 is 0. The van der Waals surface area contributed by atoms with Crippen LogP contribution in [0.15, 0.2) is 36.5 Å². The average Bonchev–Trinajstić information content (AvgIpc) is 2.93. The summed E-state index contributed by atoms with van der Waals surface area (Å²) < 4.78 is 43.7. The monoisotopic (exact) mass is 295 g/mol. The standard InChI is InChI=1S/C14H12F3N3O/c15-14(16,17)13-6-8-20(19-13)7-1-9-21-12-4-2-11(10-18)3-5-12/h2-6,8H,1,7,9H2. The van der Waals surface area contributed by atoms with Crippen LogP contribution in [0.2, 0.25) is 0 Å². The number of alkyl halides is 3. The van der Waals surface area contributed by atoms with Gasteiger partial charge in [0.25, 0.3) is 0 Å². The number of hydrogen-bond acceptors (Lipinski definition) is 3. The fourth-order valence-electron chi connectivity index (χ4n) is 1.68. The molecule has 0 radical (unpaired) electrons. The molecule has 0 N–H and O–H groups in total. The van der Waals surface area contributed by atoms with Crippen molar-refractivity contribution in [1.82, 2.24) is 9.78 Å². The van der Waals surface area contributed by atoms with Crippen molar-refractivity contribution in [3.8, 4) is 11.8 Å². The molecule has 0 aliphatic rings. The summed E-state index contributed by atoms with van der Waals surface area (Å²) in [6.45, 7) is 0.694. The van der Waals surface area contributed by atoms with Crippen molar-refractivity contribution in [2.75, 3.05) is 6.61 Å². The van der Waals surface area contributed by atoms with Gasteiger partial charge in [-0.25, -0.2) is 0 Å². The molecule has 110 valence electrons. The summed E-state index contributed by atoms with van der Waals surface area (Å²) in [6.07, 6.45) is -2.59. The fourth-order valence-corrected chi connectivity index (χ4v) is 1.68. The van der Waals surface area contributed by atoms with Gasteiger partial charge in [0, 0.05) is 19.2 Å². The molecule has 1 heterocycles. The predicted molar refractivity (Wildman–Crippen MR) is 68.5 cm³/mol. The quantitative estimate of drug-likeness (QED) is 0.796. The highest BCUT2D eigenvalue weighted by Crippen LogP contribution is 2.27. The van der Waals surface area contributed by atoms with Crippen LogP contribution in [0.3, 0.4) is 0 Å². The Kier molecular flexibility index (Phi) is 4.48. The van der Waals surface area contributed by atoms with Gasteiger partial charge in [0.2, 0.25) is 0 Å². The van der Waals surface area contributed by atoms with E-state index in [4.69, 9.17) is 10.00 Å². The lowest BCUT2D eigenvalue weighted by Gasteiger charge is -2.06. The molecule has 21 heavy (non-hydrogen) atoms. The predicted octanol–water partition coefficient (Wildman–Crippen LogP) is 3.24. The number of aromatic nitrogens is 2. The molecule has 0 aliphatic carbocycles. The van der Waals surface area contributed by atoms with Gasteiger partial charge in [-0.05, 0) is 30.3 Å². The van der Waals surface area contributed by atoms with Crippen molar-refractivity contribution in [3.05, 3.63) is 47.8 Å². The van der Waals surface area contributed by atoms with Crippen LogP contribution in [0.5, 0.6) is 5.75 Å². The Morgan fingerprint density at radius 3 is 2.48 bits per heavy atom. The second-order valence-electron chi connectivity index (χ2n) is 4.30. The molecule has 0 atom stereocenters. The second-order valence-corrected chi connectivity index (χ2v) is 4.30. The molecule has 0 aliphatic heterocycles. The minimum Gasteiger partial charge on any atom is -0.494 e. The minimum atomic E-state index is -4.41. The van der Waals surface area contributed by atoms with E-state index in [1.165, 1.54) is 10.9 Å². The lowest BCUT2D eigenvalue weighted by atomic mass is 10.2. The van der Waals surface area contributed by atoms with Crippen molar-refractivity contribution in [2.24, 2.45) is 0 Å². The zero-order valence-electron chi connectivity index (χ0n) is 11.0. The SMILES string of the molecule is N#Cc1ccc(OCCCn2ccc(C(F)(F)F)n2)cc1. The topological polar surface area (TPSA) is 50.8 Å². The van der Waals surface area contributed by atoms with E-state index in [2.05, 4.69) is 5.10 Å². The van der Waals surface area contributed by atoms with E-state index in [1.54, 1.807) is 24.3 Å². The highest BCUT2D eigenvalue weighted by atomic mass is 19.4. The Morgan fingerprint density at radius 2 is 1.90 bits per heavy atom. The van der Waals surface area contributed by atoms with Crippen molar-refractivity contribution in [3.63, 3.8) is 0 Å². The van der Waals surface area contributed by atoms with Crippen LogP contribution in [-0.4, -0.2) is 16.4 Å². The van der Waals surface area contributed by atoms with E-state index in [9.17, 15) is 13.2 Å². The Bertz CT molecular complexity index is 626. The van der Waals surface area contributed by atoms with Gasteiger partial charge in [0.05, 0.1) is 18.2 Å². The third kappa shape index (κ3) is 4.24. The first kappa shape index (κ1) is 14.9. The number of rotatable bonds is 5. The molecule has 1 aromatic heterocycles. The van der Waals surface area contributed by atoms with Crippen LogP contribution in [0.4, 0.5) is 13.2 Å². The molecule has 0 saturated heterocycles. The molecule has 1 aromatic carbocycles. The van der Waals surface area contributed by atoms with E-state index in [0.717, 1.165) is 6.07 Å². The van der Waals surface area contributed by atoms with Gasteiger partial charge in [-0.2, -0.15) is 23.5 Å². The second kappa shape index (κ2) is 6.31. The number of aryl methyl sites for hydroxylation is 1. The van der Waals surface area contributed by atoms with Crippen LogP contribution < -0.4 is 4.74 Å². The summed E-state index contributed by atoms with van der Waals surface area (Å²) in [7, 11) is 0. The molecule has 0 amide bonds. The van der Waals surface area contributed by atoms with Gasteiger partial charge >= 0.3 is 6.18 Å². The number of halogens is 3. The summed E-state index contributed by atoms with van der Waals surface area (Å²) in [5.74, 6) is 0.616. The highest BCUT2D eigenvalue weighted by Gasteiger charge is 2.33. The zero-order chi connectivity index (χ0) is 15.3. The smallest absolute Gasteiger partial charge is 0.435 e. The van der Waals surface area contributed by atoms with Gasteiger partial charge < -0.3 is 4.74 Å². The van der Waals surface area contributed by atoms with Crippen LogP contribution in [-0.2, 0) is 12.7 Å². The Balaban J connectivity index is 1.77. The number of benzene rings is 1. The number of nitrogens with zero attached hydrogens (tertiary/aromatic N) is 3. The molecule has 0 unspecified atom stereocenters. The van der Waals surface area contributed by atoms with Crippen molar-refractivity contribution in [2.45, 2.75) is 19.1 Å². The van der Waals surface area contributed by atoms with Gasteiger partial charge in [-0.15, -0.1) is 0 Å². The van der Waals surface area contributed by atoms with E-state index >= 15 is 0 Å². The third-order valence-corrected chi connectivity index (χ3v) is 2.71. The van der Waals surface area contributed by atoms with Crippen LogP contribution in [0.1, 0.15) is 17.7 Å². The molecule has 0 fully saturated rings. The van der Waals surface area contributed by atoms with E-state index < -0.39 is 11.9 Å². The summed E-state index contributed by atoms with van der Waals surface area (Å²) in [5, 5.41) is 12.1. The van der Waals surface area contributed by atoms with E-state index in [0.29, 0.717) is 30.9 Å². The van der Waals surface area contributed by atoms with Crippen LogP contribution in [0.25, 0.3) is 0 Å². The van der Waals surface area contributed by atoms with Crippen LogP contribution in [0, 0.1) is 11.3 Å². The van der Waals surface area contributed by atoms with Gasteiger partial charge in [-0.3, -0.25) is 4.68 Å². The number of ether oxygens (including phenoxy) is 1. The number of nitriles is 1. The van der Waals surface area contributed by atoms with Crippen molar-refractivity contribution >= 4 is 0 Å². The maximum atomic E-state index is 12.3. The molecule has 0 spiro atoms. The first-order chi connectivity index (χ1) is 9.99. The zero-order valence-corrected chi connectivity index (χ0v) is 11.0. The first-order valence-corrected chi connectivity index (χ1v) is 6.22. The molecular formula is C14H12F3N3O. The van der Waals surface area contributed by atoms with Gasteiger partial charge in [-0.1, -0.05) is 0 Å². The average molecular weight is 295 g/mol. The van der Waals surface area contributed by atoms with Crippen molar-refractivity contribution in [1.29, 1.82) is 5.26 Å². The maximum Gasteiger partial charge on any atom is 0.435 e. The Hall–Kier alpha value is -2.49. The minimum absolute atomic E-state index is 0.340. The normalized spacial score (nSPS) is 11.1. The molecular weight excluding hydrogens is 283 g/mol. The largest absolute Gasteiger partial charge is 0.494 e. The molecule has 2 aromatic rings. The molecule has 7 heteroatoms. The Morgan fingerprint density at radius 1 is 1.19 bits per heavy atom. The lowest BCUT2D eigenvalue weighted by Crippen LogP contribution is -2.09. The third-order valence-electron chi connectivity index (χ3n) is 2.71. The van der Waals surface area contributed by atoms with Crippen LogP contribution >= 0.6 is 0 Å². The van der Waals surface area contributed by atoms with E-state index in [-0.39, 0.29) is 0 Å². The Labute approximate surface area is 119 Å². The van der Waals surface area contributed by atoms with Crippen molar-refractivity contribution < 1.29 is 17.9 Å². The number of hydrogen-bond donors (Lipinski definition) is 0. The van der Waals surface area contributed by atoms with E-state index in [1.807, 2.05) is 6.07 Å². The molecule has 2 rings (SSSR count).